The zero-order chi connectivity index (χ0) is 10.7. The van der Waals surface area contributed by atoms with E-state index >= 15 is 0 Å². The molecular formula is C9H8BrN3O. The highest BCUT2D eigenvalue weighted by Crippen LogP contribution is 2.21. The molecule has 0 aliphatic carbocycles. The number of carbonyl (C=O) groups excluding carboxylic acids is 1. The van der Waals surface area contributed by atoms with E-state index in [1.54, 1.807) is 0 Å². The summed E-state index contributed by atoms with van der Waals surface area (Å²) in [6.07, 6.45) is 0. The van der Waals surface area contributed by atoms with Crippen molar-refractivity contribution < 1.29 is 4.79 Å². The van der Waals surface area contributed by atoms with Crippen molar-refractivity contribution in [2.45, 2.75) is 0 Å². The molecule has 0 aliphatic heterocycles. The van der Waals surface area contributed by atoms with Crippen LogP contribution in [0.25, 0.3) is 0 Å². The molecule has 0 radical (unpaired) electrons. The average molecular weight is 254 g/mol. The topological polar surface area (TPSA) is 92.9 Å². The van der Waals surface area contributed by atoms with Gasteiger partial charge in [-0.15, -0.1) is 0 Å². The van der Waals surface area contributed by atoms with E-state index in [1.807, 2.05) is 6.07 Å². The van der Waals surface area contributed by atoms with Crippen LogP contribution in [0.1, 0.15) is 15.9 Å². The van der Waals surface area contributed by atoms with Crippen molar-refractivity contribution in [1.82, 2.24) is 0 Å². The summed E-state index contributed by atoms with van der Waals surface area (Å²) in [7, 11) is 0. The minimum Gasteiger partial charge on any atom is -0.399 e. The summed E-state index contributed by atoms with van der Waals surface area (Å²) in [4.78, 5) is 11.4. The normalized spacial score (nSPS) is 9.43. The zero-order valence-electron chi connectivity index (χ0n) is 7.25. The van der Waals surface area contributed by atoms with Gasteiger partial charge in [-0.1, -0.05) is 15.9 Å². The molecule has 4 N–H and O–H groups in total. The first-order chi connectivity index (χ1) is 6.60. The summed E-state index contributed by atoms with van der Waals surface area (Å²) in [5, 5.41) is 8.94. The molecule has 0 spiro atoms. The van der Waals surface area contributed by atoms with E-state index in [2.05, 4.69) is 15.9 Å². The summed E-state index contributed by atoms with van der Waals surface area (Å²) in [5.74, 6) is -0.208. The van der Waals surface area contributed by atoms with Gasteiger partial charge in [0, 0.05) is 11.3 Å². The van der Waals surface area contributed by atoms with Gasteiger partial charge < -0.3 is 11.5 Å². The monoisotopic (exact) mass is 253 g/mol. The number of nitriles is 1. The maximum atomic E-state index is 11.4. The molecule has 0 aromatic heterocycles. The first-order valence-corrected chi connectivity index (χ1v) is 4.90. The number of hydrogen-bond acceptors (Lipinski definition) is 4. The Balaban J connectivity index is 3.41. The lowest BCUT2D eigenvalue weighted by Gasteiger charge is -2.05. The number of nitrogens with zero attached hydrogens (tertiary/aromatic N) is 1. The van der Waals surface area contributed by atoms with E-state index in [4.69, 9.17) is 16.7 Å². The van der Waals surface area contributed by atoms with E-state index in [9.17, 15) is 4.79 Å². The first-order valence-electron chi connectivity index (χ1n) is 3.78. The molecule has 0 aliphatic rings. The lowest BCUT2D eigenvalue weighted by molar-refractivity contribution is 0.102. The van der Waals surface area contributed by atoms with Gasteiger partial charge in [-0.25, -0.2) is 0 Å². The predicted octanol–water partition coefficient (Wildman–Crippen LogP) is 1.30. The third kappa shape index (κ3) is 1.86. The molecule has 72 valence electrons. The van der Waals surface area contributed by atoms with Gasteiger partial charge in [-0.2, -0.15) is 5.26 Å². The fourth-order valence-electron chi connectivity index (χ4n) is 1.10. The molecule has 4 nitrogen and oxygen atoms in total. The molecule has 0 amide bonds. The van der Waals surface area contributed by atoms with Crippen LogP contribution < -0.4 is 11.5 Å². The maximum absolute atomic E-state index is 11.4. The van der Waals surface area contributed by atoms with E-state index in [1.165, 1.54) is 12.1 Å². The largest absolute Gasteiger partial charge is 0.399 e. The molecule has 0 saturated carbocycles. The molecule has 0 atom stereocenters. The second-order valence-electron chi connectivity index (χ2n) is 2.70. The van der Waals surface area contributed by atoms with Gasteiger partial charge in [0.05, 0.1) is 16.6 Å². The molecule has 0 unspecified atom stereocenters. The van der Waals surface area contributed by atoms with Crippen LogP contribution >= 0.6 is 15.9 Å². The van der Waals surface area contributed by atoms with Gasteiger partial charge in [0.2, 0.25) is 0 Å². The van der Waals surface area contributed by atoms with Gasteiger partial charge in [0.15, 0.2) is 5.78 Å². The Labute approximate surface area is 89.6 Å². The van der Waals surface area contributed by atoms with Gasteiger partial charge in [-0.3, -0.25) is 4.79 Å². The molecule has 0 heterocycles. The van der Waals surface area contributed by atoms with Crippen LogP contribution in [0.2, 0.25) is 0 Å². The number of Topliss-reactive ketones (excluding diaryl/α,β-unsaturated/α-hetero) is 1. The van der Waals surface area contributed by atoms with Crippen molar-refractivity contribution in [2.75, 3.05) is 16.8 Å². The van der Waals surface area contributed by atoms with Crippen LogP contribution in [0.15, 0.2) is 12.1 Å². The first kappa shape index (κ1) is 10.5. The number of alkyl halides is 1. The van der Waals surface area contributed by atoms with Crippen molar-refractivity contribution in [1.29, 1.82) is 5.26 Å². The van der Waals surface area contributed by atoms with Crippen molar-refractivity contribution in [3.8, 4) is 6.07 Å². The Hall–Kier alpha value is -1.54. The molecular weight excluding hydrogens is 246 g/mol. The van der Waals surface area contributed by atoms with E-state index < -0.39 is 0 Å². The third-order valence-corrected chi connectivity index (χ3v) is 2.23. The SMILES string of the molecule is N#Cc1c(N)cc(N)cc1C(=O)CBr. The van der Waals surface area contributed by atoms with E-state index in [-0.39, 0.29) is 27.9 Å². The highest BCUT2D eigenvalue weighted by molar-refractivity contribution is 9.09. The molecule has 0 saturated heterocycles. The summed E-state index contributed by atoms with van der Waals surface area (Å²) < 4.78 is 0. The molecule has 1 aromatic carbocycles. The number of benzene rings is 1. The van der Waals surface area contributed by atoms with Crippen molar-refractivity contribution >= 4 is 33.1 Å². The highest BCUT2D eigenvalue weighted by Gasteiger charge is 2.13. The minimum atomic E-state index is -0.208. The number of nitrogen functional groups attached to an aromatic ring is 2. The Bertz CT molecular complexity index is 423. The Kier molecular flexibility index (Phi) is 3.10. The second kappa shape index (κ2) is 4.11. The van der Waals surface area contributed by atoms with E-state index in [0.29, 0.717) is 5.69 Å². The fraction of sp³-hybridized carbons (Fsp3) is 0.111. The smallest absolute Gasteiger partial charge is 0.174 e. The standard InChI is InChI=1S/C9H8BrN3O/c10-3-9(14)6-1-5(12)2-8(13)7(6)4-11/h1-2H,3,12-13H2. The number of carbonyl (C=O) groups is 1. The molecule has 5 heteroatoms. The van der Waals surface area contributed by atoms with Crippen LogP contribution in [0, 0.1) is 11.3 Å². The lowest BCUT2D eigenvalue weighted by atomic mass is 10.0. The summed E-state index contributed by atoms with van der Waals surface area (Å²) in [6, 6.07) is 4.80. The van der Waals surface area contributed by atoms with Gasteiger partial charge in [0.1, 0.15) is 6.07 Å². The van der Waals surface area contributed by atoms with Crippen molar-refractivity contribution in [3.05, 3.63) is 23.3 Å². The molecule has 14 heavy (non-hydrogen) atoms. The molecule has 0 fully saturated rings. The zero-order valence-corrected chi connectivity index (χ0v) is 8.84. The summed E-state index contributed by atoms with van der Waals surface area (Å²) in [6.45, 7) is 0. The van der Waals surface area contributed by atoms with Gasteiger partial charge in [-0.05, 0) is 12.1 Å². The van der Waals surface area contributed by atoms with Crippen molar-refractivity contribution in [2.24, 2.45) is 0 Å². The molecule has 1 rings (SSSR count). The van der Waals surface area contributed by atoms with Crippen LogP contribution in [-0.2, 0) is 0 Å². The van der Waals surface area contributed by atoms with Crippen molar-refractivity contribution in [3.63, 3.8) is 0 Å². The van der Waals surface area contributed by atoms with Crippen LogP contribution in [0.5, 0.6) is 0 Å². The van der Waals surface area contributed by atoms with Crippen LogP contribution in [-0.4, -0.2) is 11.1 Å². The Morgan fingerprint density at radius 1 is 1.50 bits per heavy atom. The number of anilines is 2. The van der Waals surface area contributed by atoms with E-state index in [0.717, 1.165) is 0 Å². The lowest BCUT2D eigenvalue weighted by Crippen LogP contribution is -2.07. The Morgan fingerprint density at radius 3 is 2.64 bits per heavy atom. The molecule has 1 aromatic rings. The van der Waals surface area contributed by atoms with Gasteiger partial charge >= 0.3 is 0 Å². The highest BCUT2D eigenvalue weighted by atomic mass is 79.9. The van der Waals surface area contributed by atoms with Crippen LogP contribution in [0.4, 0.5) is 11.4 Å². The number of hydrogen-bond donors (Lipinski definition) is 2. The summed E-state index contributed by atoms with van der Waals surface area (Å²) >= 11 is 3.02. The number of rotatable bonds is 2. The number of nitrogens with two attached hydrogens (primary N) is 2. The maximum Gasteiger partial charge on any atom is 0.174 e. The van der Waals surface area contributed by atoms with Crippen LogP contribution in [0.3, 0.4) is 0 Å². The Morgan fingerprint density at radius 2 is 2.14 bits per heavy atom. The number of halogens is 1. The molecule has 0 bridgehead atoms. The van der Waals surface area contributed by atoms with Gasteiger partial charge in [0.25, 0.3) is 0 Å². The average Bonchev–Trinajstić information content (AvgIpc) is 2.15. The number of ketones is 1. The fourth-order valence-corrected chi connectivity index (χ4v) is 1.41. The minimum absolute atomic E-state index is 0.143. The quantitative estimate of drug-likeness (QED) is 0.472. The second-order valence-corrected chi connectivity index (χ2v) is 3.26. The summed E-state index contributed by atoms with van der Waals surface area (Å²) in [5.41, 5.74) is 12.1. The third-order valence-electron chi connectivity index (χ3n) is 1.72. The predicted molar refractivity (Wildman–Crippen MR) is 58.1 cm³/mol.